The van der Waals surface area contributed by atoms with Crippen LogP contribution < -0.4 is 11.2 Å². The third-order valence-corrected chi connectivity index (χ3v) is 7.38. The minimum atomic E-state index is -0.303. The Morgan fingerprint density at radius 1 is 1.07 bits per heavy atom. The van der Waals surface area contributed by atoms with Gasteiger partial charge >= 0.3 is 0 Å². The van der Waals surface area contributed by atoms with Crippen molar-refractivity contribution in [1.82, 2.24) is 4.68 Å². The Kier molecular flexibility index (Phi) is 4.22. The molecule has 5 nitrogen and oxygen atoms in total. The number of rotatable bonds is 6. The summed E-state index contributed by atoms with van der Waals surface area (Å²) >= 11 is 0. The maximum atomic E-state index is 13.0. The highest BCUT2D eigenvalue weighted by Gasteiger charge is 2.51. The first kappa shape index (κ1) is 17.8. The van der Waals surface area contributed by atoms with Gasteiger partial charge in [0.2, 0.25) is 11.8 Å². The van der Waals surface area contributed by atoms with E-state index < -0.39 is 0 Å². The van der Waals surface area contributed by atoms with E-state index in [9.17, 15) is 9.59 Å². The lowest BCUT2D eigenvalue weighted by atomic mass is 9.49. The minimum Gasteiger partial charge on any atom is -0.370 e. The molecular formula is C23H29N3O2. The Hall–Kier alpha value is -2.30. The second kappa shape index (κ2) is 6.64. The van der Waals surface area contributed by atoms with Crippen LogP contribution in [0.4, 0.5) is 0 Å². The quantitative estimate of drug-likeness (QED) is 0.802. The first-order valence-corrected chi connectivity index (χ1v) is 10.7. The predicted molar refractivity (Wildman–Crippen MR) is 109 cm³/mol. The van der Waals surface area contributed by atoms with Crippen molar-refractivity contribution in [3.05, 3.63) is 36.0 Å². The summed E-state index contributed by atoms with van der Waals surface area (Å²) < 4.78 is 1.84. The lowest BCUT2D eigenvalue weighted by molar-refractivity contribution is -0.125. The van der Waals surface area contributed by atoms with Gasteiger partial charge in [-0.05, 0) is 79.7 Å². The number of nitrogens with one attached hydrogen (secondary N) is 1. The molecule has 5 heteroatoms. The summed E-state index contributed by atoms with van der Waals surface area (Å²) in [4.78, 5) is 24.2. The third-order valence-electron chi connectivity index (χ3n) is 7.38. The van der Waals surface area contributed by atoms with E-state index in [4.69, 9.17) is 5.73 Å². The standard InChI is InChI=1S/C23H29N3O2/c24-21(27)6-5-18-14-26(20-4-2-1-3-19(18)20)25-22(28)13-23-10-15-7-16(11-23)9-17(8-15)12-23/h1-4,14-17H,5-13H2,(H2,24,27)(H,25,28). The molecule has 3 N–H and O–H groups in total. The molecule has 0 aliphatic heterocycles. The van der Waals surface area contributed by atoms with Crippen LogP contribution in [0.5, 0.6) is 0 Å². The normalized spacial score (nSPS) is 30.6. The van der Waals surface area contributed by atoms with Crippen molar-refractivity contribution in [3.63, 3.8) is 0 Å². The van der Waals surface area contributed by atoms with Crippen molar-refractivity contribution in [1.29, 1.82) is 0 Å². The second-order valence-corrected chi connectivity index (χ2v) is 9.64. The number of nitrogens with two attached hydrogens (primary N) is 1. The van der Waals surface area contributed by atoms with Crippen molar-refractivity contribution in [2.24, 2.45) is 28.9 Å². The average Bonchev–Trinajstić information content (AvgIpc) is 2.96. The number of aromatic nitrogens is 1. The zero-order valence-corrected chi connectivity index (χ0v) is 16.3. The zero-order valence-electron chi connectivity index (χ0n) is 16.3. The first-order valence-electron chi connectivity index (χ1n) is 10.7. The van der Waals surface area contributed by atoms with Crippen LogP contribution in [-0.2, 0) is 16.0 Å². The molecule has 0 unspecified atom stereocenters. The molecule has 2 aromatic rings. The molecule has 28 heavy (non-hydrogen) atoms. The fourth-order valence-electron chi connectivity index (χ4n) is 6.82. The van der Waals surface area contributed by atoms with Gasteiger partial charge in [-0.15, -0.1) is 0 Å². The van der Waals surface area contributed by atoms with Crippen LogP contribution in [0.25, 0.3) is 10.9 Å². The zero-order chi connectivity index (χ0) is 19.3. The summed E-state index contributed by atoms with van der Waals surface area (Å²) in [7, 11) is 0. The van der Waals surface area contributed by atoms with E-state index in [2.05, 4.69) is 5.43 Å². The molecule has 1 aromatic carbocycles. The Labute approximate surface area is 165 Å². The topological polar surface area (TPSA) is 77.1 Å². The number of para-hydroxylation sites is 1. The highest BCUT2D eigenvalue weighted by atomic mass is 16.2. The largest absolute Gasteiger partial charge is 0.370 e. The molecular weight excluding hydrogens is 350 g/mol. The van der Waals surface area contributed by atoms with Gasteiger partial charge < -0.3 is 5.73 Å². The number of fused-ring (bicyclic) bond motifs is 1. The summed E-state index contributed by atoms with van der Waals surface area (Å²) in [5.74, 6) is 2.37. The van der Waals surface area contributed by atoms with Crippen molar-refractivity contribution < 1.29 is 9.59 Å². The number of carbonyl (C=O) groups is 2. The Bertz CT molecular complexity index is 894. The number of benzene rings is 1. The summed E-state index contributed by atoms with van der Waals surface area (Å²) in [6, 6.07) is 8.00. The number of carbonyl (C=O) groups excluding carboxylic acids is 2. The number of aryl methyl sites for hydroxylation is 1. The number of primary amides is 1. The van der Waals surface area contributed by atoms with Crippen LogP contribution in [0, 0.1) is 23.2 Å². The highest BCUT2D eigenvalue weighted by Crippen LogP contribution is 2.61. The van der Waals surface area contributed by atoms with E-state index in [1.54, 1.807) is 0 Å². The van der Waals surface area contributed by atoms with Crippen molar-refractivity contribution in [3.8, 4) is 0 Å². The number of nitrogens with zero attached hydrogens (tertiary/aromatic N) is 1. The summed E-state index contributed by atoms with van der Waals surface area (Å²) in [5.41, 5.74) is 10.7. The van der Waals surface area contributed by atoms with E-state index in [1.807, 2.05) is 35.1 Å². The fourth-order valence-corrected chi connectivity index (χ4v) is 6.82. The van der Waals surface area contributed by atoms with Crippen LogP contribution >= 0.6 is 0 Å². The van der Waals surface area contributed by atoms with Crippen LogP contribution in [0.3, 0.4) is 0 Å². The highest BCUT2D eigenvalue weighted by molar-refractivity contribution is 5.90. The van der Waals surface area contributed by atoms with Gasteiger partial charge in [-0.2, -0.15) is 0 Å². The Morgan fingerprint density at radius 2 is 1.71 bits per heavy atom. The lowest BCUT2D eigenvalue weighted by Gasteiger charge is -2.56. The molecule has 6 rings (SSSR count). The predicted octanol–water partition coefficient (Wildman–Crippen LogP) is 3.74. The molecule has 1 heterocycles. The van der Waals surface area contributed by atoms with Crippen LogP contribution in [0.2, 0.25) is 0 Å². The smallest absolute Gasteiger partial charge is 0.239 e. The maximum absolute atomic E-state index is 13.0. The Balaban J connectivity index is 1.34. The van der Waals surface area contributed by atoms with Crippen molar-refractivity contribution in [2.45, 2.75) is 57.8 Å². The number of hydrogen-bond donors (Lipinski definition) is 2. The SMILES string of the molecule is NC(=O)CCc1cn(NC(=O)CC23CC4CC(CC(C4)C2)C3)c2ccccc12. The third kappa shape index (κ3) is 3.21. The molecule has 148 valence electrons. The molecule has 0 spiro atoms. The van der Waals surface area contributed by atoms with Gasteiger partial charge in [0.1, 0.15) is 0 Å². The molecule has 4 aliphatic carbocycles. The van der Waals surface area contributed by atoms with E-state index in [0.29, 0.717) is 19.3 Å². The van der Waals surface area contributed by atoms with Gasteiger partial charge in [0.05, 0.1) is 5.52 Å². The molecule has 0 atom stereocenters. The molecule has 4 saturated carbocycles. The van der Waals surface area contributed by atoms with E-state index in [0.717, 1.165) is 34.2 Å². The Morgan fingerprint density at radius 3 is 2.36 bits per heavy atom. The maximum Gasteiger partial charge on any atom is 0.239 e. The lowest BCUT2D eigenvalue weighted by Crippen LogP contribution is -2.47. The summed E-state index contributed by atoms with van der Waals surface area (Å²) in [6.07, 6.45) is 11.4. The fraction of sp³-hybridized carbons (Fsp3) is 0.565. The van der Waals surface area contributed by atoms with Crippen LogP contribution in [-0.4, -0.2) is 16.5 Å². The summed E-state index contributed by atoms with van der Waals surface area (Å²) in [5, 5.41) is 1.07. The van der Waals surface area contributed by atoms with E-state index in [-0.39, 0.29) is 17.2 Å². The van der Waals surface area contributed by atoms with Gasteiger partial charge in [0, 0.05) is 24.4 Å². The van der Waals surface area contributed by atoms with E-state index >= 15 is 0 Å². The molecule has 4 aliphatic rings. The van der Waals surface area contributed by atoms with Gasteiger partial charge in [-0.25, -0.2) is 0 Å². The van der Waals surface area contributed by atoms with Crippen LogP contribution in [0.1, 0.15) is 56.9 Å². The number of hydrogen-bond acceptors (Lipinski definition) is 2. The molecule has 4 bridgehead atoms. The monoisotopic (exact) mass is 379 g/mol. The van der Waals surface area contributed by atoms with Crippen molar-refractivity contribution >= 4 is 22.7 Å². The number of amides is 2. The van der Waals surface area contributed by atoms with Crippen molar-refractivity contribution in [2.75, 3.05) is 5.43 Å². The average molecular weight is 380 g/mol. The minimum absolute atomic E-state index is 0.115. The molecule has 1 aromatic heterocycles. The molecule has 2 amide bonds. The van der Waals surface area contributed by atoms with Gasteiger partial charge in [-0.1, -0.05) is 18.2 Å². The second-order valence-electron chi connectivity index (χ2n) is 9.64. The first-order chi connectivity index (χ1) is 13.5. The van der Waals surface area contributed by atoms with Gasteiger partial charge in [-0.3, -0.25) is 19.7 Å². The van der Waals surface area contributed by atoms with Crippen LogP contribution in [0.15, 0.2) is 30.5 Å². The van der Waals surface area contributed by atoms with E-state index in [1.165, 1.54) is 38.5 Å². The summed E-state index contributed by atoms with van der Waals surface area (Å²) in [6.45, 7) is 0. The molecule has 0 radical (unpaired) electrons. The van der Waals surface area contributed by atoms with Gasteiger partial charge in [0.25, 0.3) is 0 Å². The molecule has 4 fully saturated rings. The van der Waals surface area contributed by atoms with Gasteiger partial charge in [0.15, 0.2) is 0 Å². The molecule has 0 saturated heterocycles.